The van der Waals surface area contributed by atoms with Gasteiger partial charge in [0.25, 0.3) is 11.7 Å². The Morgan fingerprint density at radius 2 is 1.76 bits per heavy atom. The summed E-state index contributed by atoms with van der Waals surface area (Å²) in [5.74, 6) is -0.147. The highest BCUT2D eigenvalue weighted by atomic mass is 35.5. The summed E-state index contributed by atoms with van der Waals surface area (Å²) in [6.45, 7) is 6.23. The number of ketones is 1. The van der Waals surface area contributed by atoms with E-state index in [0.717, 1.165) is 5.56 Å². The molecular weight excluding hydrogens is 506 g/mol. The van der Waals surface area contributed by atoms with Gasteiger partial charge >= 0.3 is 0 Å². The van der Waals surface area contributed by atoms with Crippen LogP contribution in [-0.2, 0) is 16.1 Å². The zero-order valence-corrected chi connectivity index (χ0v) is 22.5. The highest BCUT2D eigenvalue weighted by Gasteiger charge is 2.46. The molecule has 0 bridgehead atoms. The Bertz CT molecular complexity index is 1370. The van der Waals surface area contributed by atoms with E-state index in [1.807, 2.05) is 45.0 Å². The molecule has 4 rings (SSSR count). The first-order valence-electron chi connectivity index (χ1n) is 12.3. The maximum Gasteiger partial charge on any atom is 0.295 e. The van der Waals surface area contributed by atoms with E-state index < -0.39 is 17.7 Å². The van der Waals surface area contributed by atoms with Gasteiger partial charge in [-0.05, 0) is 74.4 Å². The van der Waals surface area contributed by atoms with Crippen LogP contribution in [0.15, 0.2) is 72.3 Å². The molecule has 198 valence electrons. The molecule has 0 saturated carbocycles. The number of methoxy groups -OCH3 is 1. The minimum Gasteiger partial charge on any atom is -0.507 e. The lowest BCUT2D eigenvalue weighted by atomic mass is 9.95. The minimum absolute atomic E-state index is 0.0206. The zero-order valence-electron chi connectivity index (χ0n) is 21.7. The smallest absolute Gasteiger partial charge is 0.295 e. The number of Topliss-reactive ketones (excluding diaryl/α,β-unsaturated/α-hetero) is 1. The Hall–Kier alpha value is -3.97. The maximum atomic E-state index is 13.4. The summed E-state index contributed by atoms with van der Waals surface area (Å²) in [6, 6.07) is 18.4. The number of nitrogens with zero attached hydrogens (tertiary/aromatic N) is 1. The first kappa shape index (κ1) is 27.1. The average Bonchev–Trinajstić information content (AvgIpc) is 3.15. The molecule has 0 aliphatic carbocycles. The van der Waals surface area contributed by atoms with Gasteiger partial charge in [-0.15, -0.1) is 0 Å². The molecule has 0 spiro atoms. The van der Waals surface area contributed by atoms with Gasteiger partial charge in [0.05, 0.1) is 36.5 Å². The van der Waals surface area contributed by atoms with Gasteiger partial charge in [0.1, 0.15) is 23.0 Å². The molecule has 1 aliphatic rings. The number of carbonyl (C=O) groups is 2. The first-order valence-corrected chi connectivity index (χ1v) is 12.7. The van der Waals surface area contributed by atoms with Crippen molar-refractivity contribution >= 4 is 29.1 Å². The number of halogens is 1. The van der Waals surface area contributed by atoms with Gasteiger partial charge in [0, 0.05) is 12.1 Å². The molecule has 1 atom stereocenters. The summed E-state index contributed by atoms with van der Waals surface area (Å²) in [5, 5.41) is 11.8. The predicted molar refractivity (Wildman–Crippen MR) is 146 cm³/mol. The number of ether oxygens (including phenoxy) is 3. The lowest BCUT2D eigenvalue weighted by Gasteiger charge is -2.26. The van der Waals surface area contributed by atoms with Gasteiger partial charge in [0.2, 0.25) is 0 Å². The second kappa shape index (κ2) is 11.6. The summed E-state index contributed by atoms with van der Waals surface area (Å²) in [5.41, 5.74) is 1.73. The van der Waals surface area contributed by atoms with E-state index in [4.69, 9.17) is 25.8 Å². The van der Waals surface area contributed by atoms with Crippen LogP contribution >= 0.6 is 11.6 Å². The average molecular weight is 536 g/mol. The third kappa shape index (κ3) is 5.63. The summed E-state index contributed by atoms with van der Waals surface area (Å²) in [6.07, 6.45) is 0.0304. The van der Waals surface area contributed by atoms with Crippen LogP contribution in [0.25, 0.3) is 5.76 Å². The van der Waals surface area contributed by atoms with Gasteiger partial charge in [0.15, 0.2) is 0 Å². The van der Waals surface area contributed by atoms with Crippen molar-refractivity contribution in [2.24, 2.45) is 0 Å². The van der Waals surface area contributed by atoms with Crippen molar-refractivity contribution in [3.8, 4) is 17.2 Å². The van der Waals surface area contributed by atoms with E-state index in [1.165, 1.54) is 4.90 Å². The molecule has 3 aromatic carbocycles. The highest BCUT2D eigenvalue weighted by molar-refractivity contribution is 6.46. The molecular formula is C30H30ClNO6. The molecule has 1 fully saturated rings. The molecule has 0 aromatic heterocycles. The first-order chi connectivity index (χ1) is 18.2. The fourth-order valence-electron chi connectivity index (χ4n) is 4.42. The van der Waals surface area contributed by atoms with Crippen molar-refractivity contribution in [2.75, 3.05) is 13.7 Å². The maximum absolute atomic E-state index is 13.4. The molecule has 1 unspecified atom stereocenters. The van der Waals surface area contributed by atoms with E-state index in [9.17, 15) is 14.7 Å². The molecule has 1 aliphatic heterocycles. The van der Waals surface area contributed by atoms with Gasteiger partial charge in [-0.1, -0.05) is 35.9 Å². The standard InChI is InChI=1S/C30H30ClNO6/c1-5-37-25-16-21(11-14-24(25)31)28(33)26-27(20-7-6-8-23(15-20)36-4)32(30(35)29(26)34)17-19-9-12-22(13-10-19)38-18(2)3/h6-16,18,27,33H,5,17H2,1-4H3/b28-26-. The summed E-state index contributed by atoms with van der Waals surface area (Å²) < 4.78 is 16.7. The summed E-state index contributed by atoms with van der Waals surface area (Å²) in [7, 11) is 1.54. The number of amides is 1. The predicted octanol–water partition coefficient (Wildman–Crippen LogP) is 6.16. The molecule has 38 heavy (non-hydrogen) atoms. The van der Waals surface area contributed by atoms with Crippen LogP contribution in [0.3, 0.4) is 0 Å². The molecule has 1 heterocycles. The lowest BCUT2D eigenvalue weighted by molar-refractivity contribution is -0.140. The Morgan fingerprint density at radius 3 is 2.42 bits per heavy atom. The van der Waals surface area contributed by atoms with E-state index >= 15 is 0 Å². The van der Waals surface area contributed by atoms with Crippen LogP contribution in [0.4, 0.5) is 0 Å². The molecule has 0 radical (unpaired) electrons. The Labute approximate surface area is 227 Å². The van der Waals surface area contributed by atoms with E-state index in [0.29, 0.717) is 40.0 Å². The summed E-state index contributed by atoms with van der Waals surface area (Å²) >= 11 is 6.23. The summed E-state index contributed by atoms with van der Waals surface area (Å²) in [4.78, 5) is 28.2. The van der Waals surface area contributed by atoms with Crippen LogP contribution in [-0.4, -0.2) is 41.5 Å². The van der Waals surface area contributed by atoms with Gasteiger partial charge in [-0.2, -0.15) is 0 Å². The number of hydrogen-bond donors (Lipinski definition) is 1. The Balaban J connectivity index is 1.80. The molecule has 3 aromatic rings. The number of aliphatic hydroxyl groups is 1. The highest BCUT2D eigenvalue weighted by Crippen LogP contribution is 2.42. The minimum atomic E-state index is -0.845. The third-order valence-electron chi connectivity index (χ3n) is 6.10. The second-order valence-electron chi connectivity index (χ2n) is 9.09. The molecule has 1 amide bonds. The molecule has 1 N–H and O–H groups in total. The Morgan fingerprint density at radius 1 is 1.03 bits per heavy atom. The molecule has 7 nitrogen and oxygen atoms in total. The monoisotopic (exact) mass is 535 g/mol. The van der Waals surface area contributed by atoms with Crippen molar-refractivity contribution in [1.29, 1.82) is 0 Å². The Kier molecular flexibility index (Phi) is 8.27. The van der Waals surface area contributed by atoms with Crippen LogP contribution in [0, 0.1) is 0 Å². The SMILES string of the molecule is CCOc1cc(/C(O)=C2/C(=O)C(=O)N(Cc3ccc(OC(C)C)cc3)C2c2cccc(OC)c2)ccc1Cl. The van der Waals surface area contributed by atoms with Crippen molar-refractivity contribution in [3.05, 3.63) is 94.0 Å². The van der Waals surface area contributed by atoms with Crippen LogP contribution in [0.1, 0.15) is 43.5 Å². The number of benzene rings is 3. The van der Waals surface area contributed by atoms with Gasteiger partial charge < -0.3 is 24.2 Å². The second-order valence-corrected chi connectivity index (χ2v) is 9.50. The topological polar surface area (TPSA) is 85.3 Å². The van der Waals surface area contributed by atoms with Crippen molar-refractivity contribution in [2.45, 2.75) is 39.5 Å². The fourth-order valence-corrected chi connectivity index (χ4v) is 4.59. The van der Waals surface area contributed by atoms with Crippen LogP contribution in [0.2, 0.25) is 5.02 Å². The number of likely N-dealkylation sites (tertiary alicyclic amines) is 1. The molecule has 8 heteroatoms. The quantitative estimate of drug-likeness (QED) is 0.201. The van der Waals surface area contributed by atoms with Gasteiger partial charge in [-0.25, -0.2) is 0 Å². The van der Waals surface area contributed by atoms with Gasteiger partial charge in [-0.3, -0.25) is 9.59 Å². The van der Waals surface area contributed by atoms with Crippen molar-refractivity contribution in [1.82, 2.24) is 4.90 Å². The molecule has 1 saturated heterocycles. The fraction of sp³-hybridized carbons (Fsp3) is 0.267. The number of carbonyl (C=O) groups excluding carboxylic acids is 2. The van der Waals surface area contributed by atoms with E-state index in [1.54, 1.807) is 49.6 Å². The zero-order chi connectivity index (χ0) is 27.4. The van der Waals surface area contributed by atoms with E-state index in [2.05, 4.69) is 0 Å². The number of hydrogen-bond acceptors (Lipinski definition) is 6. The number of rotatable bonds is 9. The largest absolute Gasteiger partial charge is 0.507 e. The normalized spacial score (nSPS) is 16.7. The van der Waals surface area contributed by atoms with Crippen LogP contribution in [0.5, 0.6) is 17.2 Å². The third-order valence-corrected chi connectivity index (χ3v) is 6.41. The lowest BCUT2D eigenvalue weighted by Crippen LogP contribution is -2.29. The van der Waals surface area contributed by atoms with Crippen LogP contribution < -0.4 is 14.2 Å². The van der Waals surface area contributed by atoms with Crippen molar-refractivity contribution < 1.29 is 28.9 Å². The van der Waals surface area contributed by atoms with Crippen molar-refractivity contribution in [3.63, 3.8) is 0 Å². The number of aliphatic hydroxyl groups excluding tert-OH is 1. The van der Waals surface area contributed by atoms with E-state index in [-0.39, 0.29) is 24.0 Å².